The highest BCUT2D eigenvalue weighted by atomic mass is 16.2. The number of hydrogen-bond acceptors (Lipinski definition) is 4. The molecule has 0 aliphatic heterocycles. The summed E-state index contributed by atoms with van der Waals surface area (Å²) in [6, 6.07) is 9.56. The SMILES string of the molecule is CC(N)C(C)C(=O)NC(C(=O)Nc1ccn[nH]1)c1ccccc1. The molecule has 0 fully saturated rings. The summed E-state index contributed by atoms with van der Waals surface area (Å²) in [6.07, 6.45) is 1.53. The maximum atomic E-state index is 12.5. The number of aromatic amines is 1. The Balaban J connectivity index is 2.18. The highest BCUT2D eigenvalue weighted by Gasteiger charge is 2.26. The number of H-pyrrole nitrogens is 1. The number of nitrogens with two attached hydrogens (primary N) is 1. The normalized spacial score (nSPS) is 14.6. The van der Waals surface area contributed by atoms with Gasteiger partial charge in [0.25, 0.3) is 5.91 Å². The van der Waals surface area contributed by atoms with Crippen molar-refractivity contribution in [2.24, 2.45) is 11.7 Å². The largest absolute Gasteiger partial charge is 0.340 e. The molecule has 1 heterocycles. The Morgan fingerprint density at radius 2 is 1.83 bits per heavy atom. The summed E-state index contributed by atoms with van der Waals surface area (Å²) in [6.45, 7) is 3.49. The lowest BCUT2D eigenvalue weighted by molar-refractivity contribution is -0.129. The molecule has 2 aromatic rings. The predicted molar refractivity (Wildman–Crippen MR) is 87.4 cm³/mol. The molecule has 7 nitrogen and oxygen atoms in total. The van der Waals surface area contributed by atoms with Crippen LogP contribution in [-0.4, -0.2) is 28.1 Å². The van der Waals surface area contributed by atoms with Crippen LogP contribution in [0.3, 0.4) is 0 Å². The van der Waals surface area contributed by atoms with Crippen LogP contribution in [-0.2, 0) is 9.59 Å². The molecule has 5 N–H and O–H groups in total. The number of aromatic nitrogens is 2. The van der Waals surface area contributed by atoms with Crippen LogP contribution >= 0.6 is 0 Å². The first-order chi connectivity index (χ1) is 11.0. The van der Waals surface area contributed by atoms with Crippen molar-refractivity contribution in [2.45, 2.75) is 25.9 Å². The molecule has 1 aromatic heterocycles. The molecule has 0 aliphatic carbocycles. The molecule has 122 valence electrons. The maximum absolute atomic E-state index is 12.5. The van der Waals surface area contributed by atoms with Crippen LogP contribution in [0.15, 0.2) is 42.6 Å². The van der Waals surface area contributed by atoms with E-state index in [1.54, 1.807) is 32.0 Å². The lowest BCUT2D eigenvalue weighted by atomic mass is 10.0. The third kappa shape index (κ3) is 4.40. The van der Waals surface area contributed by atoms with E-state index in [-0.39, 0.29) is 17.9 Å². The van der Waals surface area contributed by atoms with Crippen molar-refractivity contribution >= 4 is 17.6 Å². The van der Waals surface area contributed by atoms with Crippen molar-refractivity contribution < 1.29 is 9.59 Å². The van der Waals surface area contributed by atoms with Gasteiger partial charge in [-0.05, 0) is 12.5 Å². The number of nitrogens with one attached hydrogen (secondary N) is 3. The Bertz CT molecular complexity index is 640. The average molecular weight is 315 g/mol. The first kappa shape index (κ1) is 16.7. The Labute approximate surface area is 134 Å². The maximum Gasteiger partial charge on any atom is 0.252 e. The summed E-state index contributed by atoms with van der Waals surface area (Å²) in [5, 5.41) is 11.9. The molecule has 23 heavy (non-hydrogen) atoms. The van der Waals surface area contributed by atoms with Gasteiger partial charge in [-0.2, -0.15) is 5.10 Å². The van der Waals surface area contributed by atoms with E-state index in [2.05, 4.69) is 20.8 Å². The number of carbonyl (C=O) groups excluding carboxylic acids is 2. The van der Waals surface area contributed by atoms with Crippen molar-refractivity contribution in [1.82, 2.24) is 15.5 Å². The van der Waals surface area contributed by atoms with E-state index in [4.69, 9.17) is 5.73 Å². The van der Waals surface area contributed by atoms with E-state index in [1.807, 2.05) is 18.2 Å². The summed E-state index contributed by atoms with van der Waals surface area (Å²) in [4.78, 5) is 24.8. The molecule has 2 rings (SSSR count). The van der Waals surface area contributed by atoms with Crippen molar-refractivity contribution in [3.8, 4) is 0 Å². The molecule has 2 amide bonds. The van der Waals surface area contributed by atoms with E-state index in [1.165, 1.54) is 6.20 Å². The van der Waals surface area contributed by atoms with Gasteiger partial charge in [-0.1, -0.05) is 37.3 Å². The Kier molecular flexibility index (Phi) is 5.48. The zero-order valence-electron chi connectivity index (χ0n) is 13.1. The lowest BCUT2D eigenvalue weighted by Gasteiger charge is -2.22. The third-order valence-corrected chi connectivity index (χ3v) is 3.64. The van der Waals surface area contributed by atoms with Gasteiger partial charge >= 0.3 is 0 Å². The quantitative estimate of drug-likeness (QED) is 0.641. The van der Waals surface area contributed by atoms with Crippen molar-refractivity contribution in [2.75, 3.05) is 5.32 Å². The molecular weight excluding hydrogens is 294 g/mol. The molecule has 0 bridgehead atoms. The van der Waals surface area contributed by atoms with E-state index < -0.39 is 12.0 Å². The first-order valence-electron chi connectivity index (χ1n) is 7.40. The summed E-state index contributed by atoms with van der Waals surface area (Å²) < 4.78 is 0. The van der Waals surface area contributed by atoms with Crippen LogP contribution < -0.4 is 16.4 Å². The number of rotatable bonds is 6. The number of nitrogens with zero attached hydrogens (tertiary/aromatic N) is 1. The minimum absolute atomic E-state index is 0.270. The van der Waals surface area contributed by atoms with Crippen molar-refractivity contribution in [3.63, 3.8) is 0 Å². The number of amides is 2. The van der Waals surface area contributed by atoms with Gasteiger partial charge in [0.05, 0.1) is 6.20 Å². The molecular formula is C16H21N5O2. The molecule has 7 heteroatoms. The number of anilines is 1. The first-order valence-corrected chi connectivity index (χ1v) is 7.40. The topological polar surface area (TPSA) is 113 Å². The second kappa shape index (κ2) is 7.55. The van der Waals surface area contributed by atoms with Crippen LogP contribution in [0.1, 0.15) is 25.5 Å². The highest BCUT2D eigenvalue weighted by molar-refractivity contribution is 5.97. The molecule has 3 unspecified atom stereocenters. The van der Waals surface area contributed by atoms with Crippen molar-refractivity contribution in [1.29, 1.82) is 0 Å². The number of hydrogen-bond donors (Lipinski definition) is 4. The second-order valence-electron chi connectivity index (χ2n) is 5.46. The molecule has 3 atom stereocenters. The fourth-order valence-electron chi connectivity index (χ4n) is 1.99. The molecule has 0 saturated carbocycles. The fourth-order valence-corrected chi connectivity index (χ4v) is 1.99. The Morgan fingerprint density at radius 3 is 2.39 bits per heavy atom. The number of carbonyl (C=O) groups is 2. The van der Waals surface area contributed by atoms with E-state index in [0.717, 1.165) is 0 Å². The molecule has 0 aliphatic rings. The van der Waals surface area contributed by atoms with Gasteiger partial charge in [-0.25, -0.2) is 0 Å². The predicted octanol–water partition coefficient (Wildman–Crippen LogP) is 1.19. The number of benzene rings is 1. The lowest BCUT2D eigenvalue weighted by Crippen LogP contribution is -2.43. The summed E-state index contributed by atoms with van der Waals surface area (Å²) in [5.41, 5.74) is 6.45. The van der Waals surface area contributed by atoms with Gasteiger partial charge < -0.3 is 16.4 Å². The molecule has 1 aromatic carbocycles. The van der Waals surface area contributed by atoms with Crippen LogP contribution in [0.25, 0.3) is 0 Å². The summed E-state index contributed by atoms with van der Waals surface area (Å²) in [7, 11) is 0. The van der Waals surface area contributed by atoms with Crippen LogP contribution in [0.4, 0.5) is 5.82 Å². The average Bonchev–Trinajstić information content (AvgIpc) is 3.05. The third-order valence-electron chi connectivity index (χ3n) is 3.64. The van der Waals surface area contributed by atoms with Crippen LogP contribution in [0.5, 0.6) is 0 Å². The Hall–Kier alpha value is -2.67. The molecule has 0 radical (unpaired) electrons. The highest BCUT2D eigenvalue weighted by Crippen LogP contribution is 2.16. The fraction of sp³-hybridized carbons (Fsp3) is 0.312. The van der Waals surface area contributed by atoms with Gasteiger partial charge in [-0.3, -0.25) is 14.7 Å². The van der Waals surface area contributed by atoms with Gasteiger partial charge in [0.1, 0.15) is 11.9 Å². The van der Waals surface area contributed by atoms with Crippen molar-refractivity contribution in [3.05, 3.63) is 48.2 Å². The Morgan fingerprint density at radius 1 is 1.13 bits per heavy atom. The summed E-state index contributed by atoms with van der Waals surface area (Å²) >= 11 is 0. The zero-order valence-corrected chi connectivity index (χ0v) is 13.1. The summed E-state index contributed by atoms with van der Waals surface area (Å²) in [5.74, 6) is -0.564. The molecule has 0 spiro atoms. The van der Waals surface area contributed by atoms with Crippen LogP contribution in [0, 0.1) is 5.92 Å². The standard InChI is InChI=1S/C16H21N5O2/c1-10(11(2)17)15(22)20-14(12-6-4-3-5-7-12)16(23)19-13-8-9-18-21-13/h3-11,14H,17H2,1-2H3,(H,20,22)(H2,18,19,21,23). The minimum atomic E-state index is -0.812. The monoisotopic (exact) mass is 315 g/mol. The second-order valence-corrected chi connectivity index (χ2v) is 5.46. The van der Waals surface area contributed by atoms with Gasteiger partial charge in [0, 0.05) is 18.0 Å². The van der Waals surface area contributed by atoms with Gasteiger partial charge in [0.15, 0.2) is 0 Å². The minimum Gasteiger partial charge on any atom is -0.340 e. The van der Waals surface area contributed by atoms with E-state index in [0.29, 0.717) is 11.4 Å². The van der Waals surface area contributed by atoms with Gasteiger partial charge in [-0.15, -0.1) is 0 Å². The van der Waals surface area contributed by atoms with Gasteiger partial charge in [0.2, 0.25) is 5.91 Å². The smallest absolute Gasteiger partial charge is 0.252 e. The zero-order chi connectivity index (χ0) is 16.8. The van der Waals surface area contributed by atoms with E-state index in [9.17, 15) is 9.59 Å². The van der Waals surface area contributed by atoms with Crippen LogP contribution in [0.2, 0.25) is 0 Å². The van der Waals surface area contributed by atoms with E-state index >= 15 is 0 Å². The molecule has 0 saturated heterocycles.